The third-order valence-electron chi connectivity index (χ3n) is 4.36. The summed E-state index contributed by atoms with van der Waals surface area (Å²) in [6.07, 6.45) is 0. The summed E-state index contributed by atoms with van der Waals surface area (Å²) in [4.78, 5) is 12.4. The zero-order valence-electron chi connectivity index (χ0n) is 13.5. The van der Waals surface area contributed by atoms with Crippen molar-refractivity contribution in [2.24, 2.45) is 0 Å². The van der Waals surface area contributed by atoms with Crippen molar-refractivity contribution in [1.29, 1.82) is 0 Å². The van der Waals surface area contributed by atoms with Crippen LogP contribution in [0.15, 0.2) is 78.9 Å². The highest BCUT2D eigenvalue weighted by Crippen LogP contribution is 2.29. The minimum atomic E-state index is -0.531. The molecule has 25 heavy (non-hydrogen) atoms. The average molecular weight is 328 g/mol. The molecule has 122 valence electrons. The first-order valence-electron chi connectivity index (χ1n) is 8.08. The van der Waals surface area contributed by atoms with E-state index >= 15 is 0 Å². The van der Waals surface area contributed by atoms with E-state index in [9.17, 15) is 9.90 Å². The topological polar surface area (TPSA) is 46.5 Å². The fourth-order valence-corrected chi connectivity index (χ4v) is 3.06. The van der Waals surface area contributed by atoms with E-state index in [2.05, 4.69) is 0 Å². The van der Waals surface area contributed by atoms with Gasteiger partial charge in [0.2, 0.25) is 0 Å². The highest BCUT2D eigenvalue weighted by Gasteiger charge is 2.15. The SMILES string of the molecule is O=C(OCc1cccc2ccccc12)c1ccc2ccccc2c1O. The maximum atomic E-state index is 12.4. The van der Waals surface area contributed by atoms with Crippen LogP contribution in [0.3, 0.4) is 0 Å². The molecule has 0 aromatic heterocycles. The maximum absolute atomic E-state index is 12.4. The van der Waals surface area contributed by atoms with E-state index in [0.717, 1.165) is 21.7 Å². The number of esters is 1. The van der Waals surface area contributed by atoms with Gasteiger partial charge in [-0.25, -0.2) is 4.79 Å². The van der Waals surface area contributed by atoms with Gasteiger partial charge in [0.1, 0.15) is 17.9 Å². The lowest BCUT2D eigenvalue weighted by Gasteiger charge is -2.10. The summed E-state index contributed by atoms with van der Waals surface area (Å²) in [5, 5.41) is 14.1. The molecule has 0 fully saturated rings. The first-order chi connectivity index (χ1) is 12.2. The van der Waals surface area contributed by atoms with Gasteiger partial charge in [-0.15, -0.1) is 0 Å². The fourth-order valence-electron chi connectivity index (χ4n) is 3.06. The van der Waals surface area contributed by atoms with Gasteiger partial charge in [0.15, 0.2) is 0 Å². The molecule has 0 atom stereocenters. The molecule has 0 aliphatic heterocycles. The lowest BCUT2D eigenvalue weighted by atomic mass is 10.0. The molecule has 0 aliphatic rings. The van der Waals surface area contributed by atoms with Crippen molar-refractivity contribution in [2.75, 3.05) is 0 Å². The molecule has 0 amide bonds. The van der Waals surface area contributed by atoms with Crippen LogP contribution in [0.1, 0.15) is 15.9 Å². The van der Waals surface area contributed by atoms with E-state index < -0.39 is 5.97 Å². The van der Waals surface area contributed by atoms with Gasteiger partial charge in [0, 0.05) is 5.39 Å². The molecule has 4 aromatic carbocycles. The van der Waals surface area contributed by atoms with Gasteiger partial charge in [0.25, 0.3) is 0 Å². The summed E-state index contributed by atoms with van der Waals surface area (Å²) < 4.78 is 5.45. The number of phenolic OH excluding ortho intramolecular Hbond substituents is 1. The molecule has 0 saturated heterocycles. The van der Waals surface area contributed by atoms with Crippen molar-refractivity contribution in [3.05, 3.63) is 90.0 Å². The fraction of sp³-hybridized carbons (Fsp3) is 0.0455. The second kappa shape index (κ2) is 6.29. The van der Waals surface area contributed by atoms with Gasteiger partial charge < -0.3 is 9.84 Å². The minimum absolute atomic E-state index is 0.0407. The smallest absolute Gasteiger partial charge is 0.342 e. The van der Waals surface area contributed by atoms with Crippen LogP contribution in [-0.4, -0.2) is 11.1 Å². The van der Waals surface area contributed by atoms with Crippen LogP contribution in [0.2, 0.25) is 0 Å². The molecular formula is C22H16O3. The van der Waals surface area contributed by atoms with Gasteiger partial charge in [-0.05, 0) is 27.8 Å². The largest absolute Gasteiger partial charge is 0.506 e. The Balaban J connectivity index is 1.61. The van der Waals surface area contributed by atoms with Gasteiger partial charge in [0.05, 0.1) is 0 Å². The third-order valence-corrected chi connectivity index (χ3v) is 4.36. The Bertz CT molecular complexity index is 1080. The number of hydrogen-bond donors (Lipinski definition) is 1. The zero-order valence-corrected chi connectivity index (χ0v) is 13.5. The molecule has 0 heterocycles. The van der Waals surface area contributed by atoms with E-state index in [1.54, 1.807) is 12.1 Å². The molecule has 0 unspecified atom stereocenters. The standard InChI is InChI=1S/C22H16O3/c23-21-19-11-4-2-7-16(19)12-13-20(21)22(24)25-14-17-9-5-8-15-6-1-3-10-18(15)17/h1-13,23H,14H2. The van der Waals surface area contributed by atoms with Crippen LogP contribution in [-0.2, 0) is 11.3 Å². The van der Waals surface area contributed by atoms with Crippen LogP contribution < -0.4 is 0 Å². The molecule has 0 spiro atoms. The van der Waals surface area contributed by atoms with Crippen LogP contribution >= 0.6 is 0 Å². The molecule has 0 bridgehead atoms. The molecule has 4 rings (SSSR count). The van der Waals surface area contributed by atoms with E-state index in [-0.39, 0.29) is 17.9 Å². The first-order valence-corrected chi connectivity index (χ1v) is 8.08. The summed E-state index contributed by atoms with van der Waals surface area (Å²) in [6, 6.07) is 24.7. The van der Waals surface area contributed by atoms with Gasteiger partial charge in [-0.3, -0.25) is 0 Å². The number of aromatic hydroxyl groups is 1. The molecule has 0 aliphatic carbocycles. The zero-order chi connectivity index (χ0) is 17.2. The van der Waals surface area contributed by atoms with Gasteiger partial charge in [-0.1, -0.05) is 72.8 Å². The second-order valence-electron chi connectivity index (χ2n) is 5.90. The second-order valence-corrected chi connectivity index (χ2v) is 5.90. The normalized spacial score (nSPS) is 10.9. The Morgan fingerprint density at radius 3 is 2.20 bits per heavy atom. The molecule has 3 nitrogen and oxygen atoms in total. The van der Waals surface area contributed by atoms with Crippen molar-refractivity contribution in [3.8, 4) is 5.75 Å². The van der Waals surface area contributed by atoms with Crippen LogP contribution in [0.25, 0.3) is 21.5 Å². The Morgan fingerprint density at radius 2 is 1.40 bits per heavy atom. The monoisotopic (exact) mass is 328 g/mol. The van der Waals surface area contributed by atoms with E-state index in [4.69, 9.17) is 4.74 Å². The summed E-state index contributed by atoms with van der Waals surface area (Å²) >= 11 is 0. The summed E-state index contributed by atoms with van der Waals surface area (Å²) in [5.41, 5.74) is 1.12. The maximum Gasteiger partial charge on any atom is 0.342 e. The van der Waals surface area contributed by atoms with Crippen molar-refractivity contribution < 1.29 is 14.6 Å². The van der Waals surface area contributed by atoms with Gasteiger partial charge in [-0.2, -0.15) is 0 Å². The van der Waals surface area contributed by atoms with Crippen molar-refractivity contribution >= 4 is 27.5 Å². The number of benzene rings is 4. The lowest BCUT2D eigenvalue weighted by molar-refractivity contribution is 0.0471. The lowest BCUT2D eigenvalue weighted by Crippen LogP contribution is -2.06. The van der Waals surface area contributed by atoms with Crippen LogP contribution in [0.5, 0.6) is 5.75 Å². The van der Waals surface area contributed by atoms with E-state index in [1.807, 2.05) is 66.7 Å². The highest BCUT2D eigenvalue weighted by atomic mass is 16.5. The minimum Gasteiger partial charge on any atom is -0.506 e. The number of hydrogen-bond acceptors (Lipinski definition) is 3. The van der Waals surface area contributed by atoms with Crippen molar-refractivity contribution in [1.82, 2.24) is 0 Å². The van der Waals surface area contributed by atoms with Gasteiger partial charge >= 0.3 is 5.97 Å². The Hall–Kier alpha value is -3.33. The Labute approximate surface area is 145 Å². The molecule has 3 heteroatoms. The average Bonchev–Trinajstić information content (AvgIpc) is 2.66. The molecule has 4 aromatic rings. The van der Waals surface area contributed by atoms with Crippen molar-refractivity contribution in [2.45, 2.75) is 6.61 Å². The van der Waals surface area contributed by atoms with Crippen LogP contribution in [0.4, 0.5) is 0 Å². The summed E-state index contributed by atoms with van der Waals surface area (Å²) in [6.45, 7) is 0.159. The molecule has 0 radical (unpaired) electrons. The number of ether oxygens (including phenoxy) is 1. The number of fused-ring (bicyclic) bond motifs is 2. The van der Waals surface area contributed by atoms with E-state index in [1.165, 1.54) is 0 Å². The molecular weight excluding hydrogens is 312 g/mol. The summed E-state index contributed by atoms with van der Waals surface area (Å²) in [5.74, 6) is -0.572. The highest BCUT2D eigenvalue weighted by molar-refractivity contribution is 6.01. The Morgan fingerprint density at radius 1 is 0.760 bits per heavy atom. The van der Waals surface area contributed by atoms with Crippen molar-refractivity contribution in [3.63, 3.8) is 0 Å². The molecule has 0 saturated carbocycles. The summed E-state index contributed by atoms with van der Waals surface area (Å²) in [7, 11) is 0. The number of carbonyl (C=O) groups excluding carboxylic acids is 1. The number of carbonyl (C=O) groups is 1. The molecule has 1 N–H and O–H groups in total. The number of rotatable bonds is 3. The Kier molecular flexibility index (Phi) is 3.82. The quantitative estimate of drug-likeness (QED) is 0.535. The predicted molar refractivity (Wildman–Crippen MR) is 98.7 cm³/mol. The van der Waals surface area contributed by atoms with E-state index in [0.29, 0.717) is 5.39 Å². The third kappa shape index (κ3) is 2.81. The van der Waals surface area contributed by atoms with Crippen LogP contribution in [0, 0.1) is 0 Å². The number of phenols is 1. The predicted octanol–water partition coefficient (Wildman–Crippen LogP) is 5.06. The first kappa shape index (κ1) is 15.2.